The zero-order valence-electron chi connectivity index (χ0n) is 14.7. The molecule has 1 saturated heterocycles. The third-order valence-corrected chi connectivity index (χ3v) is 4.71. The van der Waals surface area contributed by atoms with Crippen molar-refractivity contribution in [1.29, 1.82) is 0 Å². The van der Waals surface area contributed by atoms with Crippen molar-refractivity contribution in [1.82, 2.24) is 5.43 Å². The zero-order chi connectivity index (χ0) is 20.5. The molecule has 3 aromatic rings. The number of non-ortho nitro benzene ring substituents is 1. The first-order valence-electron chi connectivity index (χ1n) is 8.40. The number of halogens is 1. The summed E-state index contributed by atoms with van der Waals surface area (Å²) in [5.41, 5.74) is 3.40. The summed E-state index contributed by atoms with van der Waals surface area (Å²) in [6.07, 6.45) is 1.34. The number of carbonyl (C=O) groups excluding carboxylic acids is 2. The van der Waals surface area contributed by atoms with Gasteiger partial charge >= 0.3 is 0 Å². The van der Waals surface area contributed by atoms with Crippen molar-refractivity contribution in [3.63, 3.8) is 0 Å². The maximum Gasteiger partial charge on any atom is 0.282 e. The highest BCUT2D eigenvalue weighted by Gasteiger charge is 2.34. The summed E-state index contributed by atoms with van der Waals surface area (Å²) in [5, 5.41) is 12.1. The third kappa shape index (κ3) is 3.67. The molecule has 1 N–H and O–H groups in total. The van der Waals surface area contributed by atoms with Gasteiger partial charge in [-0.1, -0.05) is 34.1 Å². The van der Waals surface area contributed by atoms with Crippen LogP contribution in [0.15, 0.2) is 75.1 Å². The number of furan rings is 1. The van der Waals surface area contributed by atoms with Crippen LogP contribution in [-0.2, 0) is 9.59 Å². The van der Waals surface area contributed by atoms with Crippen LogP contribution in [0, 0.1) is 10.1 Å². The Kier molecular flexibility index (Phi) is 4.73. The van der Waals surface area contributed by atoms with Crippen LogP contribution in [0.3, 0.4) is 0 Å². The van der Waals surface area contributed by atoms with Crippen molar-refractivity contribution >= 4 is 45.2 Å². The van der Waals surface area contributed by atoms with Crippen molar-refractivity contribution in [3.05, 3.63) is 86.6 Å². The van der Waals surface area contributed by atoms with E-state index in [4.69, 9.17) is 4.42 Å². The highest BCUT2D eigenvalue weighted by molar-refractivity contribution is 9.10. The molecule has 2 heterocycles. The van der Waals surface area contributed by atoms with Crippen LogP contribution in [0.25, 0.3) is 17.4 Å². The van der Waals surface area contributed by atoms with E-state index in [-0.39, 0.29) is 17.0 Å². The molecule has 8 nitrogen and oxygen atoms in total. The molecule has 1 aliphatic rings. The Morgan fingerprint density at radius 3 is 2.62 bits per heavy atom. The smallest absolute Gasteiger partial charge is 0.282 e. The molecular formula is C20H12BrN3O5. The molecule has 9 heteroatoms. The maximum absolute atomic E-state index is 12.7. The van der Waals surface area contributed by atoms with Gasteiger partial charge < -0.3 is 4.42 Å². The maximum atomic E-state index is 12.7. The number of amides is 2. The average Bonchev–Trinajstić information content (AvgIpc) is 3.28. The fourth-order valence-electron chi connectivity index (χ4n) is 2.85. The summed E-state index contributed by atoms with van der Waals surface area (Å²) >= 11 is 3.33. The number of hydrogen-bond acceptors (Lipinski definition) is 5. The highest BCUT2D eigenvalue weighted by Crippen LogP contribution is 2.28. The molecule has 1 aliphatic heterocycles. The molecule has 144 valence electrons. The molecule has 1 fully saturated rings. The molecule has 2 aromatic carbocycles. The van der Waals surface area contributed by atoms with Crippen LogP contribution in [-0.4, -0.2) is 16.7 Å². The molecule has 0 unspecified atom stereocenters. The van der Waals surface area contributed by atoms with Crippen molar-refractivity contribution in [2.24, 2.45) is 0 Å². The molecule has 0 radical (unpaired) electrons. The van der Waals surface area contributed by atoms with Gasteiger partial charge in [-0.15, -0.1) is 0 Å². The first kappa shape index (κ1) is 18.6. The van der Waals surface area contributed by atoms with Gasteiger partial charge in [0.15, 0.2) is 0 Å². The van der Waals surface area contributed by atoms with E-state index in [2.05, 4.69) is 21.4 Å². The van der Waals surface area contributed by atoms with Gasteiger partial charge in [0.1, 0.15) is 17.1 Å². The predicted octanol–water partition coefficient (Wildman–Crippen LogP) is 4.08. The molecule has 4 rings (SSSR count). The summed E-state index contributed by atoms with van der Waals surface area (Å²) in [7, 11) is 0. The molecule has 0 atom stereocenters. The number of nitro benzene ring substituents is 1. The molecule has 0 saturated carbocycles. The number of nitrogens with one attached hydrogen (secondary N) is 1. The molecule has 0 aliphatic carbocycles. The minimum Gasteiger partial charge on any atom is -0.457 e. The Balaban J connectivity index is 1.62. The van der Waals surface area contributed by atoms with Crippen LogP contribution in [0.2, 0.25) is 0 Å². The first-order valence-corrected chi connectivity index (χ1v) is 9.19. The monoisotopic (exact) mass is 453 g/mol. The number of hydrogen-bond donors (Lipinski definition) is 1. The topological polar surface area (TPSA) is 106 Å². The van der Waals surface area contributed by atoms with Crippen LogP contribution in [0.5, 0.6) is 0 Å². The lowest BCUT2D eigenvalue weighted by Crippen LogP contribution is -2.35. The van der Waals surface area contributed by atoms with E-state index < -0.39 is 16.7 Å². The van der Waals surface area contributed by atoms with Gasteiger partial charge in [0.2, 0.25) is 0 Å². The standard InChI is InChI=1S/C20H12BrN3O5/c21-13-4-2-5-14(10-13)23-20(26)17(19(25)22-23)11-16-7-8-18(29-16)12-3-1-6-15(9-12)24(27)28/h1-11H,(H,22,25). The van der Waals surface area contributed by atoms with E-state index in [0.717, 1.165) is 9.48 Å². The summed E-state index contributed by atoms with van der Waals surface area (Å²) in [6.45, 7) is 0. The van der Waals surface area contributed by atoms with Crippen LogP contribution in [0.1, 0.15) is 5.76 Å². The van der Waals surface area contributed by atoms with E-state index in [9.17, 15) is 19.7 Å². The molecule has 2 amide bonds. The first-order chi connectivity index (χ1) is 13.9. The Hall–Kier alpha value is -3.72. The molecule has 0 spiro atoms. The van der Waals surface area contributed by atoms with Gasteiger partial charge in [0, 0.05) is 22.2 Å². The summed E-state index contributed by atoms with van der Waals surface area (Å²) < 4.78 is 6.43. The lowest BCUT2D eigenvalue weighted by molar-refractivity contribution is -0.384. The van der Waals surface area contributed by atoms with E-state index in [1.165, 1.54) is 18.2 Å². The summed E-state index contributed by atoms with van der Waals surface area (Å²) in [5.74, 6) is -0.402. The second kappa shape index (κ2) is 7.36. The number of nitro groups is 1. The normalized spacial score (nSPS) is 15.1. The van der Waals surface area contributed by atoms with Crippen molar-refractivity contribution in [3.8, 4) is 11.3 Å². The predicted molar refractivity (Wildman–Crippen MR) is 109 cm³/mol. The molecule has 1 aromatic heterocycles. The Labute approximate surface area is 172 Å². The Bertz CT molecular complexity index is 1180. The summed E-state index contributed by atoms with van der Waals surface area (Å²) in [6, 6.07) is 16.2. The number of anilines is 1. The van der Waals surface area contributed by atoms with E-state index in [1.54, 1.807) is 48.5 Å². The van der Waals surface area contributed by atoms with Gasteiger partial charge in [-0.05, 0) is 36.4 Å². The summed E-state index contributed by atoms with van der Waals surface area (Å²) in [4.78, 5) is 35.4. The number of hydrazine groups is 1. The lowest BCUT2D eigenvalue weighted by atomic mass is 10.1. The van der Waals surface area contributed by atoms with Crippen molar-refractivity contribution in [2.75, 3.05) is 5.01 Å². The average molecular weight is 454 g/mol. The number of nitrogens with zero attached hydrogens (tertiary/aromatic N) is 2. The van der Waals surface area contributed by atoms with Crippen LogP contribution >= 0.6 is 15.9 Å². The van der Waals surface area contributed by atoms with Crippen molar-refractivity contribution < 1.29 is 18.9 Å². The van der Waals surface area contributed by atoms with Gasteiger partial charge in [-0.3, -0.25) is 25.1 Å². The van der Waals surface area contributed by atoms with E-state index in [1.807, 2.05) is 0 Å². The SMILES string of the molecule is O=C1NN(c2cccc(Br)c2)C(=O)C1=Cc1ccc(-c2cccc([N+](=O)[O-])c2)o1. The van der Waals surface area contributed by atoms with Gasteiger partial charge in [-0.25, -0.2) is 5.01 Å². The molecular weight excluding hydrogens is 442 g/mol. The Morgan fingerprint density at radius 1 is 1.07 bits per heavy atom. The van der Waals surface area contributed by atoms with E-state index in [0.29, 0.717) is 17.0 Å². The number of carbonyl (C=O) groups is 2. The minimum atomic E-state index is -0.553. The fourth-order valence-corrected chi connectivity index (χ4v) is 3.24. The zero-order valence-corrected chi connectivity index (χ0v) is 16.3. The van der Waals surface area contributed by atoms with E-state index >= 15 is 0 Å². The molecule has 0 bridgehead atoms. The van der Waals surface area contributed by atoms with Gasteiger partial charge in [-0.2, -0.15) is 0 Å². The van der Waals surface area contributed by atoms with Crippen molar-refractivity contribution in [2.45, 2.75) is 0 Å². The minimum absolute atomic E-state index is 0.0613. The van der Waals surface area contributed by atoms with Crippen LogP contribution < -0.4 is 10.4 Å². The van der Waals surface area contributed by atoms with Gasteiger partial charge in [0.25, 0.3) is 17.5 Å². The van der Waals surface area contributed by atoms with Crippen LogP contribution in [0.4, 0.5) is 11.4 Å². The second-order valence-corrected chi connectivity index (χ2v) is 7.04. The Morgan fingerprint density at radius 2 is 1.86 bits per heavy atom. The fraction of sp³-hybridized carbons (Fsp3) is 0. The third-order valence-electron chi connectivity index (χ3n) is 4.21. The molecule has 29 heavy (non-hydrogen) atoms. The lowest BCUT2D eigenvalue weighted by Gasteiger charge is -2.14. The largest absolute Gasteiger partial charge is 0.457 e. The highest BCUT2D eigenvalue weighted by atomic mass is 79.9. The number of benzene rings is 2. The van der Waals surface area contributed by atoms with Gasteiger partial charge in [0.05, 0.1) is 10.6 Å². The number of rotatable bonds is 4. The second-order valence-electron chi connectivity index (χ2n) is 6.13. The quantitative estimate of drug-likeness (QED) is 0.277.